The van der Waals surface area contributed by atoms with Crippen LogP contribution in [-0.4, -0.2) is 59.5 Å². The molecule has 0 atom stereocenters. The van der Waals surface area contributed by atoms with E-state index in [1.807, 2.05) is 0 Å². The number of fused-ring (bicyclic) bond motifs is 1. The average Bonchev–Trinajstić information content (AvgIpc) is 3.00. The van der Waals surface area contributed by atoms with Gasteiger partial charge in [0.25, 0.3) is 0 Å². The van der Waals surface area contributed by atoms with Crippen LogP contribution in [-0.2, 0) is 4.74 Å². The molecular formula is C13H17N5O4. The number of nitrogens with zero attached hydrogens (tertiary/aromatic N) is 4. The number of aromatic nitrogens is 2. The van der Waals surface area contributed by atoms with E-state index in [1.54, 1.807) is 12.1 Å². The zero-order chi connectivity index (χ0) is 15.4. The van der Waals surface area contributed by atoms with E-state index < -0.39 is 4.92 Å². The summed E-state index contributed by atoms with van der Waals surface area (Å²) in [6, 6.07) is 3.29. The molecule has 2 heterocycles. The number of nitro benzene ring substituents is 1. The van der Waals surface area contributed by atoms with Crippen molar-refractivity contribution in [2.24, 2.45) is 0 Å². The Kier molecular flexibility index (Phi) is 4.45. The summed E-state index contributed by atoms with van der Waals surface area (Å²) in [5.41, 5.74) is 0.897. The minimum absolute atomic E-state index is 0.0925. The van der Waals surface area contributed by atoms with E-state index in [2.05, 4.69) is 25.2 Å². The molecule has 1 aromatic carbocycles. The van der Waals surface area contributed by atoms with Crippen LogP contribution in [0.25, 0.3) is 11.0 Å². The Morgan fingerprint density at radius 3 is 2.91 bits per heavy atom. The van der Waals surface area contributed by atoms with E-state index in [4.69, 9.17) is 4.74 Å². The highest BCUT2D eigenvalue weighted by Crippen LogP contribution is 2.31. The van der Waals surface area contributed by atoms with E-state index in [1.165, 1.54) is 0 Å². The number of ether oxygens (including phenoxy) is 1. The van der Waals surface area contributed by atoms with Gasteiger partial charge in [-0.25, -0.2) is 4.63 Å². The lowest BCUT2D eigenvalue weighted by Crippen LogP contribution is -2.37. The number of nitrogens with one attached hydrogen (secondary N) is 1. The summed E-state index contributed by atoms with van der Waals surface area (Å²) in [5.74, 6) is 0. The van der Waals surface area contributed by atoms with E-state index in [0.717, 1.165) is 39.3 Å². The number of nitro groups is 1. The van der Waals surface area contributed by atoms with Gasteiger partial charge in [-0.1, -0.05) is 0 Å². The zero-order valence-electron chi connectivity index (χ0n) is 12.0. The molecule has 1 fully saturated rings. The Balaban J connectivity index is 1.61. The van der Waals surface area contributed by atoms with Gasteiger partial charge in [0, 0.05) is 19.6 Å². The van der Waals surface area contributed by atoms with Crippen LogP contribution < -0.4 is 5.32 Å². The molecular weight excluding hydrogens is 290 g/mol. The van der Waals surface area contributed by atoms with Gasteiger partial charge in [0.2, 0.25) is 5.52 Å². The molecule has 1 saturated heterocycles. The van der Waals surface area contributed by atoms with Crippen LogP contribution in [0.1, 0.15) is 6.42 Å². The predicted octanol–water partition coefficient (Wildman–Crippen LogP) is 1.27. The lowest BCUT2D eigenvalue weighted by Gasteiger charge is -2.26. The highest BCUT2D eigenvalue weighted by atomic mass is 16.6. The van der Waals surface area contributed by atoms with Crippen LogP contribution in [0, 0.1) is 10.1 Å². The fourth-order valence-electron chi connectivity index (χ4n) is 2.52. The molecule has 22 heavy (non-hydrogen) atoms. The molecule has 118 valence electrons. The summed E-state index contributed by atoms with van der Waals surface area (Å²) in [4.78, 5) is 13.1. The van der Waals surface area contributed by atoms with Gasteiger partial charge in [-0.05, 0) is 35.4 Å². The number of morpholine rings is 1. The molecule has 3 rings (SSSR count). The van der Waals surface area contributed by atoms with Crippen LogP contribution >= 0.6 is 0 Å². The smallest absolute Gasteiger partial charge is 0.323 e. The fraction of sp³-hybridized carbons (Fsp3) is 0.538. The van der Waals surface area contributed by atoms with Crippen molar-refractivity contribution in [3.63, 3.8) is 0 Å². The van der Waals surface area contributed by atoms with Gasteiger partial charge in [0.05, 0.1) is 18.1 Å². The van der Waals surface area contributed by atoms with Crippen molar-refractivity contribution in [2.75, 3.05) is 44.7 Å². The molecule has 0 saturated carbocycles. The monoisotopic (exact) mass is 307 g/mol. The Hall–Kier alpha value is -2.26. The first-order valence-electron chi connectivity index (χ1n) is 7.19. The molecule has 0 radical (unpaired) electrons. The van der Waals surface area contributed by atoms with Crippen molar-refractivity contribution in [1.29, 1.82) is 0 Å². The van der Waals surface area contributed by atoms with Gasteiger partial charge in [-0.2, -0.15) is 0 Å². The number of anilines is 1. The van der Waals surface area contributed by atoms with Crippen LogP contribution in [0.3, 0.4) is 0 Å². The SMILES string of the molecule is O=[N+]([O-])c1c(NCCCN2CCOCC2)ccc2nonc12. The summed E-state index contributed by atoms with van der Waals surface area (Å²) in [7, 11) is 0. The lowest BCUT2D eigenvalue weighted by molar-refractivity contribution is -0.382. The van der Waals surface area contributed by atoms with Gasteiger partial charge in [0.1, 0.15) is 11.2 Å². The Bertz CT molecular complexity index is 653. The van der Waals surface area contributed by atoms with E-state index >= 15 is 0 Å². The Morgan fingerprint density at radius 1 is 1.32 bits per heavy atom. The maximum atomic E-state index is 11.2. The molecule has 1 aliphatic heterocycles. The largest absolute Gasteiger partial charge is 0.379 e. The molecule has 0 aliphatic carbocycles. The molecule has 2 aromatic rings. The number of hydrogen-bond acceptors (Lipinski definition) is 8. The Morgan fingerprint density at radius 2 is 2.14 bits per heavy atom. The molecule has 1 aromatic heterocycles. The van der Waals surface area contributed by atoms with E-state index in [-0.39, 0.29) is 11.2 Å². The second-order valence-corrected chi connectivity index (χ2v) is 5.09. The first-order chi connectivity index (χ1) is 10.8. The summed E-state index contributed by atoms with van der Waals surface area (Å²) < 4.78 is 9.86. The van der Waals surface area contributed by atoms with Crippen LogP contribution in [0.15, 0.2) is 16.8 Å². The normalized spacial score (nSPS) is 16.0. The lowest BCUT2D eigenvalue weighted by atomic mass is 10.2. The molecule has 9 heteroatoms. The Labute approximate surface area is 126 Å². The number of benzene rings is 1. The first-order valence-corrected chi connectivity index (χ1v) is 7.19. The van der Waals surface area contributed by atoms with Crippen molar-refractivity contribution in [3.8, 4) is 0 Å². The van der Waals surface area contributed by atoms with Gasteiger partial charge >= 0.3 is 5.69 Å². The van der Waals surface area contributed by atoms with Crippen LogP contribution in [0.4, 0.5) is 11.4 Å². The standard InChI is InChI=1S/C13H17N5O4/c19-18(20)13-11(3-2-10-12(13)16-22-15-10)14-4-1-5-17-6-8-21-9-7-17/h2-3,14H,1,4-9H2. The maximum Gasteiger partial charge on any atom is 0.323 e. The van der Waals surface area contributed by atoms with Gasteiger partial charge in [-0.15, -0.1) is 0 Å². The third-order valence-corrected chi connectivity index (χ3v) is 3.65. The topological polar surface area (TPSA) is 107 Å². The second kappa shape index (κ2) is 6.67. The molecule has 0 amide bonds. The molecule has 1 aliphatic rings. The summed E-state index contributed by atoms with van der Waals surface area (Å²) in [6.07, 6.45) is 0.895. The summed E-state index contributed by atoms with van der Waals surface area (Å²) in [5, 5.41) is 21.6. The van der Waals surface area contributed by atoms with Crippen molar-refractivity contribution in [2.45, 2.75) is 6.42 Å². The predicted molar refractivity (Wildman–Crippen MR) is 78.8 cm³/mol. The van der Waals surface area contributed by atoms with Gasteiger partial charge < -0.3 is 10.1 Å². The average molecular weight is 307 g/mol. The van der Waals surface area contributed by atoms with Crippen LogP contribution in [0.2, 0.25) is 0 Å². The second-order valence-electron chi connectivity index (χ2n) is 5.09. The van der Waals surface area contributed by atoms with Gasteiger partial charge in [-0.3, -0.25) is 15.0 Å². The van der Waals surface area contributed by atoms with Crippen molar-refractivity contribution >= 4 is 22.4 Å². The molecule has 0 bridgehead atoms. The number of rotatable bonds is 6. The summed E-state index contributed by atoms with van der Waals surface area (Å²) >= 11 is 0. The highest BCUT2D eigenvalue weighted by Gasteiger charge is 2.22. The van der Waals surface area contributed by atoms with Gasteiger partial charge in [0.15, 0.2) is 0 Å². The van der Waals surface area contributed by atoms with Crippen molar-refractivity contribution in [3.05, 3.63) is 22.2 Å². The van der Waals surface area contributed by atoms with Crippen molar-refractivity contribution in [1.82, 2.24) is 15.2 Å². The first kappa shape index (κ1) is 14.7. The minimum atomic E-state index is -0.461. The third-order valence-electron chi connectivity index (χ3n) is 3.65. The van der Waals surface area contributed by atoms with E-state index in [0.29, 0.717) is 17.7 Å². The molecule has 9 nitrogen and oxygen atoms in total. The zero-order valence-corrected chi connectivity index (χ0v) is 12.0. The fourth-order valence-corrected chi connectivity index (χ4v) is 2.52. The maximum absolute atomic E-state index is 11.2. The molecule has 1 N–H and O–H groups in total. The highest BCUT2D eigenvalue weighted by molar-refractivity contribution is 5.90. The van der Waals surface area contributed by atoms with Crippen molar-refractivity contribution < 1.29 is 14.3 Å². The quantitative estimate of drug-likeness (QED) is 0.483. The third kappa shape index (κ3) is 3.15. The van der Waals surface area contributed by atoms with Crippen LogP contribution in [0.5, 0.6) is 0 Å². The minimum Gasteiger partial charge on any atom is -0.379 e. The molecule has 0 unspecified atom stereocenters. The number of hydrogen-bond donors (Lipinski definition) is 1. The molecule has 0 spiro atoms. The summed E-state index contributed by atoms with van der Waals surface area (Å²) in [6.45, 7) is 5.02. The van der Waals surface area contributed by atoms with E-state index in [9.17, 15) is 10.1 Å².